The first-order chi connectivity index (χ1) is 13.7. The number of carboxylic acid groups (broad SMARTS) is 1. The summed E-state index contributed by atoms with van der Waals surface area (Å²) in [6.07, 6.45) is 0.828. The summed E-state index contributed by atoms with van der Waals surface area (Å²) in [4.78, 5) is 29.3. The molecule has 2 atom stereocenters. The van der Waals surface area contributed by atoms with Crippen molar-refractivity contribution in [1.29, 1.82) is 0 Å². The molecule has 2 unspecified atom stereocenters. The third-order valence-electron chi connectivity index (χ3n) is 4.42. The smallest absolute Gasteiger partial charge is 0.343 e. The van der Waals surface area contributed by atoms with E-state index in [2.05, 4.69) is 5.16 Å². The molecule has 0 spiro atoms. The summed E-state index contributed by atoms with van der Waals surface area (Å²) >= 11 is 0. The van der Waals surface area contributed by atoms with Crippen LogP contribution < -0.4 is 4.74 Å². The lowest BCUT2D eigenvalue weighted by molar-refractivity contribution is 0.0683. The predicted octanol–water partition coefficient (Wildman–Crippen LogP) is 3.71. The molecule has 29 heavy (non-hydrogen) atoms. The molecule has 2 rings (SSSR count). The van der Waals surface area contributed by atoms with E-state index in [1.54, 1.807) is 44.2 Å². The SMILES string of the molecule is CON=CC(CC(C)O)c1c(C(=O)O)ccc(C)c1OC(=O)c1ccc(C)cc1. The van der Waals surface area contributed by atoms with Gasteiger partial charge in [-0.25, -0.2) is 9.59 Å². The number of carbonyl (C=O) groups excluding carboxylic acids is 1. The molecule has 0 bridgehead atoms. The number of aliphatic hydroxyl groups excluding tert-OH is 1. The highest BCUT2D eigenvalue weighted by atomic mass is 16.6. The van der Waals surface area contributed by atoms with Crippen molar-refractivity contribution in [3.8, 4) is 5.75 Å². The van der Waals surface area contributed by atoms with Crippen molar-refractivity contribution in [2.75, 3.05) is 7.11 Å². The molecule has 0 fully saturated rings. The molecule has 0 aliphatic carbocycles. The Morgan fingerprint density at radius 2 is 1.79 bits per heavy atom. The van der Waals surface area contributed by atoms with Crippen LogP contribution in [-0.2, 0) is 4.84 Å². The number of aromatic carboxylic acids is 1. The largest absolute Gasteiger partial charge is 0.478 e. The Morgan fingerprint density at radius 1 is 1.14 bits per heavy atom. The van der Waals surface area contributed by atoms with Gasteiger partial charge in [0.15, 0.2) is 0 Å². The van der Waals surface area contributed by atoms with Gasteiger partial charge in [0.05, 0.1) is 23.4 Å². The van der Waals surface area contributed by atoms with Crippen molar-refractivity contribution in [2.24, 2.45) is 5.16 Å². The molecule has 2 aromatic rings. The number of ether oxygens (including phenoxy) is 1. The van der Waals surface area contributed by atoms with E-state index in [0.717, 1.165) is 5.56 Å². The van der Waals surface area contributed by atoms with Crippen LogP contribution in [0.25, 0.3) is 0 Å². The first-order valence-electron chi connectivity index (χ1n) is 9.15. The Kier molecular flexibility index (Phi) is 7.50. The van der Waals surface area contributed by atoms with Crippen LogP contribution in [0.3, 0.4) is 0 Å². The average molecular weight is 399 g/mol. The Hall–Kier alpha value is -3.19. The highest BCUT2D eigenvalue weighted by Crippen LogP contribution is 2.36. The number of carbonyl (C=O) groups is 2. The third-order valence-corrected chi connectivity index (χ3v) is 4.42. The predicted molar refractivity (Wildman–Crippen MR) is 109 cm³/mol. The van der Waals surface area contributed by atoms with Gasteiger partial charge in [0.2, 0.25) is 0 Å². The molecule has 0 heterocycles. The van der Waals surface area contributed by atoms with Crippen molar-refractivity contribution >= 4 is 18.2 Å². The van der Waals surface area contributed by atoms with Crippen LogP contribution in [0.1, 0.15) is 56.7 Å². The fourth-order valence-corrected chi connectivity index (χ4v) is 2.99. The second-order valence-electron chi connectivity index (χ2n) is 6.86. The van der Waals surface area contributed by atoms with Crippen LogP contribution in [0.15, 0.2) is 41.6 Å². The number of hydrogen-bond acceptors (Lipinski definition) is 6. The number of hydrogen-bond donors (Lipinski definition) is 2. The molecule has 7 heteroatoms. The molecule has 0 aliphatic heterocycles. The second-order valence-corrected chi connectivity index (χ2v) is 6.86. The number of oxime groups is 1. The van der Waals surface area contributed by atoms with Gasteiger partial charge in [-0.15, -0.1) is 0 Å². The first-order valence-corrected chi connectivity index (χ1v) is 9.15. The fraction of sp³-hybridized carbons (Fsp3) is 0.318. The monoisotopic (exact) mass is 399 g/mol. The Balaban J connectivity index is 2.58. The van der Waals surface area contributed by atoms with E-state index in [-0.39, 0.29) is 23.3 Å². The van der Waals surface area contributed by atoms with Crippen LogP contribution in [0, 0.1) is 13.8 Å². The van der Waals surface area contributed by atoms with Crippen LogP contribution in [-0.4, -0.2) is 41.6 Å². The van der Waals surface area contributed by atoms with Crippen LogP contribution in [0.5, 0.6) is 5.75 Å². The Labute approximate surface area is 169 Å². The van der Waals surface area contributed by atoms with Crippen LogP contribution >= 0.6 is 0 Å². The van der Waals surface area contributed by atoms with Crippen LogP contribution in [0.2, 0.25) is 0 Å². The molecule has 0 aromatic heterocycles. The lowest BCUT2D eigenvalue weighted by atomic mass is 9.88. The summed E-state index contributed by atoms with van der Waals surface area (Å²) in [6.45, 7) is 5.21. The van der Waals surface area contributed by atoms with E-state index in [1.807, 2.05) is 6.92 Å². The van der Waals surface area contributed by atoms with Gasteiger partial charge in [0.1, 0.15) is 12.9 Å². The maximum absolute atomic E-state index is 12.7. The number of aliphatic hydroxyl groups is 1. The second kappa shape index (κ2) is 9.84. The number of benzene rings is 2. The fourth-order valence-electron chi connectivity index (χ4n) is 2.99. The Morgan fingerprint density at radius 3 is 2.34 bits per heavy atom. The average Bonchev–Trinajstić information content (AvgIpc) is 2.66. The maximum atomic E-state index is 12.7. The summed E-state index contributed by atoms with van der Waals surface area (Å²) < 4.78 is 5.65. The zero-order valence-electron chi connectivity index (χ0n) is 16.9. The lowest BCUT2D eigenvalue weighted by Crippen LogP contribution is -2.18. The van der Waals surface area contributed by atoms with Gasteiger partial charge >= 0.3 is 11.9 Å². The molecule has 0 radical (unpaired) electrons. The normalized spacial score (nSPS) is 13.1. The summed E-state index contributed by atoms with van der Waals surface area (Å²) in [5, 5.41) is 23.3. The van der Waals surface area contributed by atoms with Gasteiger partial charge in [-0.2, -0.15) is 0 Å². The first kappa shape index (κ1) is 22.1. The van der Waals surface area contributed by atoms with Gasteiger partial charge in [-0.3, -0.25) is 0 Å². The molecular weight excluding hydrogens is 374 g/mol. The van der Waals surface area contributed by atoms with E-state index in [1.165, 1.54) is 19.4 Å². The van der Waals surface area contributed by atoms with Crippen molar-refractivity contribution in [1.82, 2.24) is 0 Å². The number of esters is 1. The minimum absolute atomic E-state index is 0.0319. The molecule has 154 valence electrons. The molecule has 0 saturated heterocycles. The minimum atomic E-state index is -1.17. The van der Waals surface area contributed by atoms with E-state index < -0.39 is 24.0 Å². The van der Waals surface area contributed by atoms with Gasteiger partial charge in [0.25, 0.3) is 0 Å². The summed E-state index contributed by atoms with van der Waals surface area (Å²) in [7, 11) is 1.36. The summed E-state index contributed by atoms with van der Waals surface area (Å²) in [5.74, 6) is -2.27. The lowest BCUT2D eigenvalue weighted by Gasteiger charge is -2.21. The van der Waals surface area contributed by atoms with Crippen molar-refractivity contribution < 1.29 is 29.4 Å². The van der Waals surface area contributed by atoms with Crippen molar-refractivity contribution in [2.45, 2.75) is 39.2 Å². The molecule has 2 aromatic carbocycles. The summed E-state index contributed by atoms with van der Waals surface area (Å²) in [5.41, 5.74) is 2.17. The third kappa shape index (κ3) is 5.65. The standard InChI is InChI=1S/C22H25NO6/c1-13-5-8-16(9-6-13)22(27)29-20-14(2)7-10-18(21(25)26)19(20)17(11-15(3)24)12-23-28-4/h5-10,12,15,17,24H,11H2,1-4H3,(H,25,26). The van der Waals surface area contributed by atoms with E-state index in [4.69, 9.17) is 9.57 Å². The number of carboxylic acids is 1. The Bertz CT molecular complexity index is 902. The van der Waals surface area contributed by atoms with E-state index >= 15 is 0 Å². The number of rotatable bonds is 8. The molecule has 0 amide bonds. The maximum Gasteiger partial charge on any atom is 0.343 e. The molecule has 0 aliphatic rings. The van der Waals surface area contributed by atoms with E-state index in [0.29, 0.717) is 11.1 Å². The van der Waals surface area contributed by atoms with Crippen LogP contribution in [0.4, 0.5) is 0 Å². The molecule has 0 saturated carbocycles. The quantitative estimate of drug-likeness (QED) is 0.303. The summed E-state index contributed by atoms with van der Waals surface area (Å²) in [6, 6.07) is 9.91. The topological polar surface area (TPSA) is 105 Å². The zero-order chi connectivity index (χ0) is 21.6. The molecule has 7 nitrogen and oxygen atoms in total. The molecular formula is C22H25NO6. The zero-order valence-corrected chi connectivity index (χ0v) is 16.9. The highest BCUT2D eigenvalue weighted by Gasteiger charge is 2.27. The van der Waals surface area contributed by atoms with Gasteiger partial charge in [-0.1, -0.05) is 28.9 Å². The van der Waals surface area contributed by atoms with Crippen molar-refractivity contribution in [3.63, 3.8) is 0 Å². The highest BCUT2D eigenvalue weighted by molar-refractivity contribution is 5.95. The number of nitrogens with zero attached hydrogens (tertiary/aromatic N) is 1. The van der Waals surface area contributed by atoms with E-state index in [9.17, 15) is 19.8 Å². The molecule has 2 N–H and O–H groups in total. The van der Waals surface area contributed by atoms with Gasteiger partial charge < -0.3 is 19.8 Å². The van der Waals surface area contributed by atoms with Crippen molar-refractivity contribution in [3.05, 3.63) is 64.2 Å². The number of aryl methyl sites for hydroxylation is 2. The van der Waals surface area contributed by atoms with Gasteiger partial charge in [-0.05, 0) is 51.0 Å². The minimum Gasteiger partial charge on any atom is -0.478 e. The van der Waals surface area contributed by atoms with Gasteiger partial charge in [0, 0.05) is 11.5 Å².